The molecule has 0 aromatic rings. The summed E-state index contributed by atoms with van der Waals surface area (Å²) in [6, 6.07) is 0. The normalized spacial score (nSPS) is 17.6. The minimum absolute atomic E-state index is 0.133. The molecule has 3 N–H and O–H groups in total. The van der Waals surface area contributed by atoms with Gasteiger partial charge in [0.25, 0.3) is 0 Å². The van der Waals surface area contributed by atoms with Crippen LogP contribution in [0.5, 0.6) is 0 Å². The zero-order chi connectivity index (χ0) is 12.2. The summed E-state index contributed by atoms with van der Waals surface area (Å²) in [5.41, 5.74) is 5.60. The van der Waals surface area contributed by atoms with Gasteiger partial charge in [0.15, 0.2) is 0 Å². The predicted octanol–water partition coefficient (Wildman–Crippen LogP) is 0.581. The average Bonchev–Trinajstić information content (AvgIpc) is 2.14. The van der Waals surface area contributed by atoms with Crippen molar-refractivity contribution < 1.29 is 14.7 Å². The van der Waals surface area contributed by atoms with Crippen molar-refractivity contribution in [3.63, 3.8) is 0 Å². The van der Waals surface area contributed by atoms with Crippen LogP contribution in [0.2, 0.25) is 0 Å². The summed E-state index contributed by atoms with van der Waals surface area (Å²) in [4.78, 5) is 23.9. The number of carbonyl (C=O) groups is 2. The predicted molar refractivity (Wildman–Crippen MR) is 59.9 cm³/mol. The number of amides is 1. The van der Waals surface area contributed by atoms with Gasteiger partial charge in [0, 0.05) is 18.5 Å². The summed E-state index contributed by atoms with van der Waals surface area (Å²) in [5.74, 6) is -1.10. The standard InChI is InChI=1S/C11H20N2O3/c1-2-6-13(8-10(15)16)9(14)7-11(12)4-3-5-11/h2-8,12H2,1H3,(H,15,16). The van der Waals surface area contributed by atoms with Gasteiger partial charge in [-0.15, -0.1) is 0 Å². The molecule has 0 aromatic carbocycles. The van der Waals surface area contributed by atoms with Crippen molar-refractivity contribution in [2.24, 2.45) is 5.73 Å². The lowest BCUT2D eigenvalue weighted by molar-refractivity contribution is -0.145. The molecule has 0 bridgehead atoms. The van der Waals surface area contributed by atoms with Crippen LogP contribution in [-0.2, 0) is 9.59 Å². The molecule has 1 fully saturated rings. The van der Waals surface area contributed by atoms with Gasteiger partial charge in [-0.3, -0.25) is 9.59 Å². The van der Waals surface area contributed by atoms with Crippen LogP contribution in [0.15, 0.2) is 0 Å². The number of hydrogen-bond acceptors (Lipinski definition) is 3. The molecule has 1 aliphatic rings. The SMILES string of the molecule is CCCN(CC(=O)O)C(=O)CC1(N)CCC1. The first-order valence-corrected chi connectivity index (χ1v) is 5.75. The van der Waals surface area contributed by atoms with Gasteiger partial charge in [-0.25, -0.2) is 0 Å². The van der Waals surface area contributed by atoms with E-state index in [2.05, 4.69) is 0 Å². The number of nitrogens with zero attached hydrogens (tertiary/aromatic N) is 1. The maximum atomic E-state index is 11.9. The lowest BCUT2D eigenvalue weighted by Crippen LogP contribution is -2.51. The molecule has 0 saturated heterocycles. The van der Waals surface area contributed by atoms with Crippen molar-refractivity contribution in [2.45, 2.75) is 44.6 Å². The molecule has 5 heteroatoms. The van der Waals surface area contributed by atoms with Crippen LogP contribution in [0, 0.1) is 0 Å². The van der Waals surface area contributed by atoms with Crippen LogP contribution in [-0.4, -0.2) is 40.5 Å². The van der Waals surface area contributed by atoms with Crippen LogP contribution in [0.4, 0.5) is 0 Å². The van der Waals surface area contributed by atoms with Crippen molar-refractivity contribution in [2.75, 3.05) is 13.1 Å². The summed E-state index contributed by atoms with van der Waals surface area (Å²) < 4.78 is 0. The maximum absolute atomic E-state index is 11.9. The molecule has 16 heavy (non-hydrogen) atoms. The highest BCUT2D eigenvalue weighted by atomic mass is 16.4. The van der Waals surface area contributed by atoms with Gasteiger partial charge in [-0.2, -0.15) is 0 Å². The summed E-state index contributed by atoms with van der Waals surface area (Å²) in [6.07, 6.45) is 3.84. The Hall–Kier alpha value is -1.10. The molecule has 1 saturated carbocycles. The molecule has 0 heterocycles. The van der Waals surface area contributed by atoms with Crippen LogP contribution in [0.1, 0.15) is 39.0 Å². The summed E-state index contributed by atoms with van der Waals surface area (Å²) in [7, 11) is 0. The minimum atomic E-state index is -0.971. The second kappa shape index (κ2) is 5.30. The Morgan fingerprint density at radius 3 is 2.44 bits per heavy atom. The van der Waals surface area contributed by atoms with Gasteiger partial charge in [0.1, 0.15) is 6.54 Å². The van der Waals surface area contributed by atoms with Gasteiger partial charge < -0.3 is 15.7 Å². The third kappa shape index (κ3) is 3.48. The number of rotatable bonds is 6. The van der Waals surface area contributed by atoms with Crippen LogP contribution < -0.4 is 5.73 Å². The molecule has 92 valence electrons. The highest BCUT2D eigenvalue weighted by Crippen LogP contribution is 2.32. The monoisotopic (exact) mass is 228 g/mol. The van der Waals surface area contributed by atoms with E-state index < -0.39 is 5.97 Å². The molecule has 0 radical (unpaired) electrons. The molecule has 1 amide bonds. The summed E-state index contributed by atoms with van der Waals surface area (Å²) >= 11 is 0. The fraction of sp³-hybridized carbons (Fsp3) is 0.818. The van der Waals surface area contributed by atoms with E-state index in [1.54, 1.807) is 0 Å². The Bertz CT molecular complexity index is 274. The van der Waals surface area contributed by atoms with Crippen molar-refractivity contribution in [3.05, 3.63) is 0 Å². The van der Waals surface area contributed by atoms with Gasteiger partial charge in [0.05, 0.1) is 0 Å². The van der Waals surface area contributed by atoms with Gasteiger partial charge in [-0.1, -0.05) is 6.92 Å². The molecule has 5 nitrogen and oxygen atoms in total. The highest BCUT2D eigenvalue weighted by Gasteiger charge is 2.36. The zero-order valence-electron chi connectivity index (χ0n) is 9.74. The Morgan fingerprint density at radius 2 is 2.06 bits per heavy atom. The second-order valence-electron chi connectivity index (χ2n) is 4.60. The lowest BCUT2D eigenvalue weighted by Gasteiger charge is -2.38. The number of hydrogen-bond donors (Lipinski definition) is 2. The number of aliphatic carboxylic acids is 1. The van der Waals surface area contributed by atoms with E-state index in [1.165, 1.54) is 4.90 Å². The van der Waals surface area contributed by atoms with E-state index in [0.29, 0.717) is 6.54 Å². The number of nitrogens with two attached hydrogens (primary N) is 1. The second-order valence-corrected chi connectivity index (χ2v) is 4.60. The Kier molecular flexibility index (Phi) is 4.29. The van der Waals surface area contributed by atoms with E-state index >= 15 is 0 Å². The maximum Gasteiger partial charge on any atom is 0.323 e. The molecule has 0 unspecified atom stereocenters. The van der Waals surface area contributed by atoms with Gasteiger partial charge in [0.2, 0.25) is 5.91 Å². The minimum Gasteiger partial charge on any atom is -0.480 e. The lowest BCUT2D eigenvalue weighted by atomic mass is 9.75. The Morgan fingerprint density at radius 1 is 1.44 bits per heavy atom. The van der Waals surface area contributed by atoms with Gasteiger partial charge >= 0.3 is 5.97 Å². The third-order valence-corrected chi connectivity index (χ3v) is 3.02. The Labute approximate surface area is 95.6 Å². The number of carboxylic acids is 1. The summed E-state index contributed by atoms with van der Waals surface area (Å²) in [6.45, 7) is 2.19. The van der Waals surface area contributed by atoms with Gasteiger partial charge in [-0.05, 0) is 25.7 Å². The van der Waals surface area contributed by atoms with Crippen LogP contribution >= 0.6 is 0 Å². The molecule has 0 atom stereocenters. The van der Waals surface area contributed by atoms with E-state index in [9.17, 15) is 9.59 Å². The zero-order valence-corrected chi connectivity index (χ0v) is 9.74. The fourth-order valence-corrected chi connectivity index (χ4v) is 1.95. The fourth-order valence-electron chi connectivity index (χ4n) is 1.95. The van der Waals surface area contributed by atoms with Crippen molar-refractivity contribution in [1.82, 2.24) is 4.90 Å². The van der Waals surface area contributed by atoms with E-state index in [1.807, 2.05) is 6.92 Å². The van der Waals surface area contributed by atoms with Crippen LogP contribution in [0.3, 0.4) is 0 Å². The van der Waals surface area contributed by atoms with E-state index in [0.717, 1.165) is 25.7 Å². The summed E-state index contributed by atoms with van der Waals surface area (Å²) in [5, 5.41) is 8.70. The average molecular weight is 228 g/mol. The molecule has 0 spiro atoms. The first-order valence-electron chi connectivity index (χ1n) is 5.75. The molecule has 0 aromatic heterocycles. The first kappa shape index (κ1) is 13.0. The quantitative estimate of drug-likeness (QED) is 0.696. The van der Waals surface area contributed by atoms with Crippen molar-refractivity contribution >= 4 is 11.9 Å². The Balaban J connectivity index is 2.49. The topological polar surface area (TPSA) is 83.6 Å². The first-order chi connectivity index (χ1) is 7.47. The van der Waals surface area contributed by atoms with Crippen molar-refractivity contribution in [1.29, 1.82) is 0 Å². The number of carboxylic acid groups (broad SMARTS) is 1. The molecule has 0 aliphatic heterocycles. The number of carbonyl (C=O) groups excluding carboxylic acids is 1. The largest absolute Gasteiger partial charge is 0.480 e. The molecule has 1 aliphatic carbocycles. The molecular weight excluding hydrogens is 208 g/mol. The third-order valence-electron chi connectivity index (χ3n) is 3.02. The molecule has 1 rings (SSSR count). The highest BCUT2D eigenvalue weighted by molar-refractivity contribution is 5.82. The smallest absolute Gasteiger partial charge is 0.323 e. The van der Waals surface area contributed by atoms with Crippen molar-refractivity contribution in [3.8, 4) is 0 Å². The van der Waals surface area contributed by atoms with E-state index in [-0.39, 0.29) is 24.4 Å². The van der Waals surface area contributed by atoms with E-state index in [4.69, 9.17) is 10.8 Å². The molecular formula is C11H20N2O3. The van der Waals surface area contributed by atoms with Crippen LogP contribution in [0.25, 0.3) is 0 Å².